The number of anilines is 6. The van der Waals surface area contributed by atoms with Crippen molar-refractivity contribution in [2.24, 2.45) is 0 Å². The maximum absolute atomic E-state index is 2.48. The molecular formula is C65H43N3. The van der Waals surface area contributed by atoms with Crippen molar-refractivity contribution in [3.8, 4) is 27.9 Å². The summed E-state index contributed by atoms with van der Waals surface area (Å²) in [6.07, 6.45) is 0. The van der Waals surface area contributed by atoms with Crippen molar-refractivity contribution >= 4 is 66.7 Å². The van der Waals surface area contributed by atoms with Crippen LogP contribution in [0.3, 0.4) is 0 Å². The van der Waals surface area contributed by atoms with E-state index in [2.05, 4.69) is 275 Å². The fourth-order valence-electron chi connectivity index (χ4n) is 11.8. The van der Waals surface area contributed by atoms with Crippen LogP contribution >= 0.6 is 0 Å². The molecule has 3 heteroatoms. The second-order valence-electron chi connectivity index (χ2n) is 18.0. The molecule has 0 aliphatic heterocycles. The Hall–Kier alpha value is -8.92. The number of para-hydroxylation sites is 4. The first-order chi connectivity index (χ1) is 33.8. The normalized spacial score (nSPS) is 14.2. The van der Waals surface area contributed by atoms with E-state index in [1.807, 2.05) is 0 Å². The quantitative estimate of drug-likeness (QED) is 0.158. The van der Waals surface area contributed by atoms with Crippen molar-refractivity contribution in [2.45, 2.75) is 5.41 Å². The maximum atomic E-state index is 2.48. The van der Waals surface area contributed by atoms with Gasteiger partial charge in [0.1, 0.15) is 0 Å². The molecule has 68 heavy (non-hydrogen) atoms. The van der Waals surface area contributed by atoms with Crippen LogP contribution in [0.1, 0.15) is 22.3 Å². The van der Waals surface area contributed by atoms with Gasteiger partial charge in [0.05, 0.1) is 22.1 Å². The van der Waals surface area contributed by atoms with E-state index in [4.69, 9.17) is 0 Å². The van der Waals surface area contributed by atoms with Crippen molar-refractivity contribution in [3.63, 3.8) is 0 Å². The van der Waals surface area contributed by atoms with E-state index in [0.29, 0.717) is 0 Å². The van der Waals surface area contributed by atoms with Gasteiger partial charge in [-0.3, -0.25) is 0 Å². The van der Waals surface area contributed by atoms with Gasteiger partial charge in [-0.2, -0.15) is 0 Å². The van der Waals surface area contributed by atoms with Gasteiger partial charge in [0.25, 0.3) is 0 Å². The molecule has 1 atom stereocenters. The first-order valence-corrected chi connectivity index (χ1v) is 23.5. The number of nitrogens with zero attached hydrogens (tertiary/aromatic N) is 3. The maximum Gasteiger partial charge on any atom is 0.0725 e. The summed E-state index contributed by atoms with van der Waals surface area (Å²) in [7, 11) is 0. The van der Waals surface area contributed by atoms with E-state index in [1.54, 1.807) is 0 Å². The first-order valence-electron chi connectivity index (χ1n) is 23.5. The largest absolute Gasteiger partial charge is 0.310 e. The Morgan fingerprint density at radius 3 is 1.41 bits per heavy atom. The molecule has 2 aliphatic rings. The lowest BCUT2D eigenvalue weighted by molar-refractivity contribution is 0.794. The summed E-state index contributed by atoms with van der Waals surface area (Å²) in [5.41, 5.74) is 20.0. The minimum absolute atomic E-state index is 0.501. The SMILES string of the molecule is c1ccc(N(c2ccccc2)c2ccc3c(c2)-c2ccccc2C32c3ccccc3-c3cc(N(c4ccc5c6ccccc6n(-c6ccccc6)c5c4)c4cccc5ccccc45)ccc32)cc1. The average Bonchev–Trinajstić information content (AvgIpc) is 4.01. The third-order valence-corrected chi connectivity index (χ3v) is 14.5. The second-order valence-corrected chi connectivity index (χ2v) is 18.0. The van der Waals surface area contributed by atoms with E-state index in [-0.39, 0.29) is 0 Å². The summed E-state index contributed by atoms with van der Waals surface area (Å²) >= 11 is 0. The van der Waals surface area contributed by atoms with Crippen LogP contribution in [-0.4, -0.2) is 4.57 Å². The van der Waals surface area contributed by atoms with Gasteiger partial charge in [0.2, 0.25) is 0 Å². The molecule has 1 spiro atoms. The van der Waals surface area contributed by atoms with Crippen LogP contribution in [0.4, 0.5) is 34.1 Å². The van der Waals surface area contributed by atoms with Crippen molar-refractivity contribution in [1.29, 1.82) is 0 Å². The summed E-state index contributed by atoms with van der Waals surface area (Å²) < 4.78 is 2.41. The minimum Gasteiger partial charge on any atom is -0.310 e. The van der Waals surface area contributed by atoms with E-state index < -0.39 is 5.41 Å². The zero-order valence-electron chi connectivity index (χ0n) is 37.2. The highest BCUT2D eigenvalue weighted by Crippen LogP contribution is 2.64. The van der Waals surface area contributed by atoms with Gasteiger partial charge in [0, 0.05) is 50.3 Å². The molecule has 14 rings (SSSR count). The molecule has 0 fully saturated rings. The fraction of sp³-hybridized carbons (Fsp3) is 0.0154. The molecule has 11 aromatic carbocycles. The number of hydrogen-bond donors (Lipinski definition) is 0. The summed E-state index contributed by atoms with van der Waals surface area (Å²) in [4.78, 5) is 4.85. The molecule has 2 aliphatic carbocycles. The van der Waals surface area contributed by atoms with Crippen molar-refractivity contribution in [1.82, 2.24) is 4.57 Å². The van der Waals surface area contributed by atoms with Gasteiger partial charge in [-0.25, -0.2) is 0 Å². The molecule has 0 N–H and O–H groups in total. The number of aromatic nitrogens is 1. The van der Waals surface area contributed by atoms with Crippen molar-refractivity contribution < 1.29 is 0 Å². The molecule has 0 amide bonds. The molecule has 0 radical (unpaired) electrons. The van der Waals surface area contributed by atoms with Crippen molar-refractivity contribution in [2.75, 3.05) is 9.80 Å². The first kappa shape index (κ1) is 38.4. The Kier molecular flexibility index (Phi) is 8.50. The zero-order chi connectivity index (χ0) is 44.8. The molecule has 1 unspecified atom stereocenters. The molecule has 0 saturated heterocycles. The van der Waals surface area contributed by atoms with Gasteiger partial charge in [-0.1, -0.05) is 176 Å². The Morgan fingerprint density at radius 2 is 0.750 bits per heavy atom. The van der Waals surface area contributed by atoms with Gasteiger partial charge in [-0.05, 0) is 135 Å². The zero-order valence-corrected chi connectivity index (χ0v) is 37.2. The molecule has 0 bridgehead atoms. The van der Waals surface area contributed by atoms with Crippen LogP contribution in [0.15, 0.2) is 261 Å². The monoisotopic (exact) mass is 865 g/mol. The standard InChI is InChI=1S/C65H43N3/c1-4-21-45(22-5-1)66(46-23-6-2-7-24-46)48-36-39-60-56(41-48)52-28-12-15-31-58(52)65(60)59-32-16-13-29-53(59)57-42-49(37-40-61(57)65)67(62-34-18-20-44-19-10-11-27-51(44)62)50-35-38-55-54-30-14-17-33-63(54)68(64(55)43-50)47-25-8-3-9-26-47/h1-43H. The van der Waals surface area contributed by atoms with Crippen molar-refractivity contribution in [3.05, 3.63) is 283 Å². The molecule has 0 saturated carbocycles. The van der Waals surface area contributed by atoms with Crippen LogP contribution < -0.4 is 9.80 Å². The van der Waals surface area contributed by atoms with Crippen LogP contribution in [0.5, 0.6) is 0 Å². The predicted molar refractivity (Wildman–Crippen MR) is 284 cm³/mol. The van der Waals surface area contributed by atoms with Gasteiger partial charge in [0.15, 0.2) is 0 Å². The Balaban J connectivity index is 0.995. The third-order valence-electron chi connectivity index (χ3n) is 14.5. The van der Waals surface area contributed by atoms with Crippen LogP contribution in [-0.2, 0) is 5.41 Å². The van der Waals surface area contributed by atoms with Crippen LogP contribution in [0, 0.1) is 0 Å². The number of rotatable bonds is 7. The van der Waals surface area contributed by atoms with Crippen LogP contribution in [0.2, 0.25) is 0 Å². The van der Waals surface area contributed by atoms with Crippen LogP contribution in [0.25, 0.3) is 60.5 Å². The molecule has 1 aromatic heterocycles. The number of fused-ring (bicyclic) bond motifs is 14. The summed E-state index contributed by atoms with van der Waals surface area (Å²) in [5, 5.41) is 4.88. The number of benzene rings is 11. The van der Waals surface area contributed by atoms with Gasteiger partial charge >= 0.3 is 0 Å². The third kappa shape index (κ3) is 5.54. The molecule has 1 heterocycles. The average molecular weight is 866 g/mol. The molecule has 3 nitrogen and oxygen atoms in total. The fourth-order valence-corrected chi connectivity index (χ4v) is 11.8. The van der Waals surface area contributed by atoms with E-state index >= 15 is 0 Å². The Bertz CT molecular complexity index is 3880. The second kappa shape index (κ2) is 15.1. The van der Waals surface area contributed by atoms with E-state index in [0.717, 1.165) is 39.8 Å². The lowest BCUT2D eigenvalue weighted by Gasteiger charge is -2.32. The highest BCUT2D eigenvalue weighted by atomic mass is 15.2. The van der Waals surface area contributed by atoms with E-state index in [1.165, 1.54) is 77.1 Å². The summed E-state index contributed by atoms with van der Waals surface area (Å²) in [6, 6.07) is 96.1. The summed E-state index contributed by atoms with van der Waals surface area (Å²) in [6.45, 7) is 0. The summed E-state index contributed by atoms with van der Waals surface area (Å²) in [5.74, 6) is 0. The Morgan fingerprint density at radius 1 is 0.279 bits per heavy atom. The minimum atomic E-state index is -0.501. The Labute approximate surface area is 395 Å². The highest BCUT2D eigenvalue weighted by Gasteiger charge is 2.52. The highest BCUT2D eigenvalue weighted by molar-refractivity contribution is 6.11. The smallest absolute Gasteiger partial charge is 0.0725 e. The van der Waals surface area contributed by atoms with Gasteiger partial charge in [-0.15, -0.1) is 0 Å². The molecule has 12 aromatic rings. The lowest BCUT2D eigenvalue weighted by atomic mass is 9.70. The molecular weight excluding hydrogens is 823 g/mol. The predicted octanol–water partition coefficient (Wildman–Crippen LogP) is 17.2. The van der Waals surface area contributed by atoms with Gasteiger partial charge < -0.3 is 14.4 Å². The van der Waals surface area contributed by atoms with E-state index in [9.17, 15) is 0 Å². The number of hydrogen-bond acceptors (Lipinski definition) is 2. The molecule has 318 valence electrons. The topological polar surface area (TPSA) is 11.4 Å². The lowest BCUT2D eigenvalue weighted by Crippen LogP contribution is -2.26.